The number of rotatable bonds is 1. The molecule has 0 spiro atoms. The van der Waals surface area contributed by atoms with Crippen LogP contribution in [0.3, 0.4) is 0 Å². The van der Waals surface area contributed by atoms with E-state index < -0.39 is 17.2 Å². The molecule has 2 bridgehead atoms. The maximum absolute atomic E-state index is 11.8. The lowest BCUT2D eigenvalue weighted by atomic mass is 9.94. The molecule has 0 aliphatic carbocycles. The summed E-state index contributed by atoms with van der Waals surface area (Å²) in [7, 11) is 1.55. The van der Waals surface area contributed by atoms with Crippen LogP contribution in [-0.2, 0) is 23.7 Å². The molecule has 0 unspecified atom stereocenters. The number of Topliss-reactive ketones (excluding diaryl/α,β-unsaturated/α-hetero) is 1. The topological polar surface area (TPSA) is 54.0 Å². The Bertz CT molecular complexity index is 379. The van der Waals surface area contributed by atoms with Crippen LogP contribution >= 0.6 is 0 Å². The zero-order valence-corrected chi connectivity index (χ0v) is 10.6. The van der Waals surface area contributed by atoms with E-state index in [1.807, 2.05) is 20.8 Å². The monoisotopic (exact) mass is 242 g/mol. The van der Waals surface area contributed by atoms with Crippen molar-refractivity contribution in [1.82, 2.24) is 0 Å². The molecule has 0 N–H and O–H groups in total. The Morgan fingerprint density at radius 2 is 1.82 bits per heavy atom. The molecule has 96 valence electrons. The summed E-state index contributed by atoms with van der Waals surface area (Å²) in [5.41, 5.74) is -0.635. The zero-order chi connectivity index (χ0) is 12.5. The lowest BCUT2D eigenvalue weighted by Gasteiger charge is -2.39. The average Bonchev–Trinajstić information content (AvgIpc) is 2.60. The quantitative estimate of drug-likeness (QED) is 0.686. The van der Waals surface area contributed by atoms with Crippen LogP contribution in [-0.4, -0.2) is 42.3 Å². The largest absolute Gasteiger partial charge is 0.350 e. The van der Waals surface area contributed by atoms with E-state index in [2.05, 4.69) is 0 Å². The molecule has 0 aromatic carbocycles. The molecule has 17 heavy (non-hydrogen) atoms. The van der Waals surface area contributed by atoms with E-state index in [1.165, 1.54) is 0 Å². The van der Waals surface area contributed by atoms with Crippen LogP contribution < -0.4 is 0 Å². The van der Waals surface area contributed by atoms with Crippen molar-refractivity contribution in [3.8, 4) is 0 Å². The molecule has 0 aromatic heterocycles. The third-order valence-electron chi connectivity index (χ3n) is 3.88. The van der Waals surface area contributed by atoms with Crippen molar-refractivity contribution in [1.29, 1.82) is 0 Å². The van der Waals surface area contributed by atoms with Gasteiger partial charge in [0, 0.05) is 13.5 Å². The van der Waals surface area contributed by atoms with E-state index in [0.717, 1.165) is 0 Å². The minimum Gasteiger partial charge on any atom is -0.350 e. The zero-order valence-electron chi connectivity index (χ0n) is 10.6. The van der Waals surface area contributed by atoms with E-state index in [4.69, 9.17) is 18.9 Å². The fourth-order valence-corrected chi connectivity index (χ4v) is 3.27. The van der Waals surface area contributed by atoms with Gasteiger partial charge in [-0.05, 0) is 20.8 Å². The van der Waals surface area contributed by atoms with Crippen LogP contribution in [0.1, 0.15) is 33.6 Å². The van der Waals surface area contributed by atoms with E-state index in [0.29, 0.717) is 6.42 Å². The summed E-state index contributed by atoms with van der Waals surface area (Å²) in [5.74, 6) is -1.48. The molecule has 3 saturated heterocycles. The van der Waals surface area contributed by atoms with Gasteiger partial charge in [-0.1, -0.05) is 0 Å². The Morgan fingerprint density at radius 1 is 1.18 bits per heavy atom. The summed E-state index contributed by atoms with van der Waals surface area (Å²) < 4.78 is 23.2. The predicted molar refractivity (Wildman–Crippen MR) is 57.3 cm³/mol. The van der Waals surface area contributed by atoms with Crippen molar-refractivity contribution >= 4 is 5.78 Å². The third kappa shape index (κ3) is 1.43. The second kappa shape index (κ2) is 3.09. The van der Waals surface area contributed by atoms with Crippen molar-refractivity contribution in [3.63, 3.8) is 0 Å². The molecule has 5 nitrogen and oxygen atoms in total. The van der Waals surface area contributed by atoms with Gasteiger partial charge in [0.25, 0.3) is 0 Å². The number of fused-ring (bicyclic) bond motifs is 5. The third-order valence-corrected chi connectivity index (χ3v) is 3.88. The second-order valence-corrected chi connectivity index (χ2v) is 5.80. The molecular weight excluding hydrogens is 224 g/mol. The number of hydrogen-bond acceptors (Lipinski definition) is 5. The summed E-state index contributed by atoms with van der Waals surface area (Å²) in [5, 5.41) is 0. The fourth-order valence-electron chi connectivity index (χ4n) is 3.27. The highest BCUT2D eigenvalue weighted by Crippen LogP contribution is 2.54. The number of methoxy groups -OCH3 is 1. The number of carbonyl (C=O) groups is 1. The van der Waals surface area contributed by atoms with Crippen molar-refractivity contribution in [2.45, 2.75) is 63.0 Å². The van der Waals surface area contributed by atoms with E-state index in [1.54, 1.807) is 7.11 Å². The summed E-state index contributed by atoms with van der Waals surface area (Å²) in [6, 6.07) is 0. The first kappa shape index (κ1) is 11.6. The summed E-state index contributed by atoms with van der Waals surface area (Å²) in [6.45, 7) is 5.64. The van der Waals surface area contributed by atoms with Crippen molar-refractivity contribution < 1.29 is 23.7 Å². The van der Waals surface area contributed by atoms with Gasteiger partial charge >= 0.3 is 0 Å². The number of hydrogen-bond donors (Lipinski definition) is 0. The molecular formula is C12H18O5. The molecule has 5 heteroatoms. The second-order valence-electron chi connectivity index (χ2n) is 5.80. The molecule has 0 radical (unpaired) electrons. The Kier molecular flexibility index (Phi) is 2.11. The van der Waals surface area contributed by atoms with Crippen molar-refractivity contribution in [2.24, 2.45) is 0 Å². The molecule has 3 rings (SSSR count). The van der Waals surface area contributed by atoms with Crippen molar-refractivity contribution in [2.75, 3.05) is 7.11 Å². The number of ether oxygens (including phenoxy) is 4. The molecule has 3 aliphatic heterocycles. The molecule has 0 saturated carbocycles. The SMILES string of the molecule is CO[C@@]12CC(=O)C[C@@](C)(O1)[C@H]1OC(C)(C)O[C@H]12. The van der Waals surface area contributed by atoms with Gasteiger partial charge in [-0.2, -0.15) is 0 Å². The molecule has 0 aromatic rings. The standard InChI is InChI=1S/C12H18O5/c1-10(2)15-8-9(16-10)12(14-4)6-7(13)5-11(8,3)17-12/h8-9H,5-6H2,1-4H3/t8-,9+,11+,12-/m0/s1. The van der Waals surface area contributed by atoms with Gasteiger partial charge in [0.05, 0.1) is 6.42 Å². The first-order valence-corrected chi connectivity index (χ1v) is 5.93. The molecule has 0 amide bonds. The van der Waals surface area contributed by atoms with Gasteiger partial charge in [0.15, 0.2) is 5.79 Å². The first-order chi connectivity index (χ1) is 7.80. The molecule has 3 fully saturated rings. The highest BCUT2D eigenvalue weighted by Gasteiger charge is 2.71. The number of carbonyl (C=O) groups excluding carboxylic acids is 1. The number of ketones is 1. The summed E-state index contributed by atoms with van der Waals surface area (Å²) in [4.78, 5) is 11.8. The fraction of sp³-hybridized carbons (Fsp3) is 0.917. The minimum atomic E-state index is -0.970. The minimum absolute atomic E-state index is 0.139. The Balaban J connectivity index is 2.03. The molecule has 4 atom stereocenters. The van der Waals surface area contributed by atoms with Crippen LogP contribution in [0.25, 0.3) is 0 Å². The van der Waals surface area contributed by atoms with Gasteiger partial charge < -0.3 is 18.9 Å². The summed E-state index contributed by atoms with van der Waals surface area (Å²) in [6.07, 6.45) is 0.0150. The molecule has 3 heterocycles. The molecule has 3 aliphatic rings. The van der Waals surface area contributed by atoms with Gasteiger partial charge in [-0.3, -0.25) is 4.79 Å². The van der Waals surface area contributed by atoms with E-state index in [9.17, 15) is 4.79 Å². The van der Waals surface area contributed by atoms with Crippen LogP contribution in [0.5, 0.6) is 0 Å². The normalized spacial score (nSPS) is 51.6. The van der Waals surface area contributed by atoms with Crippen LogP contribution in [0.15, 0.2) is 0 Å². The van der Waals surface area contributed by atoms with E-state index >= 15 is 0 Å². The highest BCUT2D eigenvalue weighted by atomic mass is 16.8. The Morgan fingerprint density at radius 3 is 2.47 bits per heavy atom. The summed E-state index contributed by atoms with van der Waals surface area (Å²) >= 11 is 0. The van der Waals surface area contributed by atoms with Crippen LogP contribution in [0.2, 0.25) is 0 Å². The van der Waals surface area contributed by atoms with Gasteiger partial charge in [0.1, 0.15) is 23.6 Å². The van der Waals surface area contributed by atoms with Gasteiger partial charge in [-0.15, -0.1) is 0 Å². The lowest BCUT2D eigenvalue weighted by molar-refractivity contribution is -0.309. The van der Waals surface area contributed by atoms with Crippen LogP contribution in [0, 0.1) is 0 Å². The van der Waals surface area contributed by atoms with Crippen molar-refractivity contribution in [3.05, 3.63) is 0 Å². The maximum atomic E-state index is 11.8. The van der Waals surface area contributed by atoms with Gasteiger partial charge in [0.2, 0.25) is 5.79 Å². The lowest BCUT2D eigenvalue weighted by Crippen LogP contribution is -2.50. The predicted octanol–water partition coefficient (Wildman–Crippen LogP) is 1.00. The average molecular weight is 242 g/mol. The first-order valence-electron chi connectivity index (χ1n) is 5.93. The van der Waals surface area contributed by atoms with Gasteiger partial charge in [-0.25, -0.2) is 0 Å². The Hall–Kier alpha value is -0.490. The van der Waals surface area contributed by atoms with E-state index in [-0.39, 0.29) is 24.4 Å². The maximum Gasteiger partial charge on any atom is 0.205 e. The smallest absolute Gasteiger partial charge is 0.205 e. The highest BCUT2D eigenvalue weighted by molar-refractivity contribution is 5.82. The Labute approximate surface area is 100 Å². The van der Waals surface area contributed by atoms with Crippen LogP contribution in [0.4, 0.5) is 0 Å².